The molecule has 1 fully saturated rings. The number of nitro groups is 1. The van der Waals surface area contributed by atoms with Gasteiger partial charge in [-0.1, -0.05) is 6.42 Å². The van der Waals surface area contributed by atoms with E-state index in [1.54, 1.807) is 6.07 Å². The molecule has 3 rings (SSSR count). The van der Waals surface area contributed by atoms with Crippen molar-refractivity contribution in [3.05, 3.63) is 27.8 Å². The molecule has 0 saturated carbocycles. The number of nitro benzene ring substituents is 1. The van der Waals surface area contributed by atoms with Crippen LogP contribution in [-0.2, 0) is 0 Å². The zero-order valence-corrected chi connectivity index (χ0v) is 9.85. The molecule has 6 nitrogen and oxygen atoms in total. The van der Waals surface area contributed by atoms with Crippen molar-refractivity contribution in [1.29, 1.82) is 0 Å². The van der Waals surface area contributed by atoms with E-state index in [4.69, 9.17) is 9.47 Å². The molecule has 0 aromatic heterocycles. The second kappa shape index (κ2) is 4.45. The van der Waals surface area contributed by atoms with E-state index < -0.39 is 0 Å². The number of fused-ring (bicyclic) bond motifs is 1. The Morgan fingerprint density at radius 2 is 2.06 bits per heavy atom. The van der Waals surface area contributed by atoms with Crippen LogP contribution < -0.4 is 14.8 Å². The number of rotatable bonds is 2. The van der Waals surface area contributed by atoms with Crippen molar-refractivity contribution in [2.75, 3.05) is 13.3 Å². The quantitative estimate of drug-likeness (QED) is 0.643. The molecule has 0 radical (unpaired) electrons. The molecule has 2 aliphatic rings. The van der Waals surface area contributed by atoms with Crippen molar-refractivity contribution in [2.45, 2.75) is 25.3 Å². The van der Waals surface area contributed by atoms with Gasteiger partial charge in [0.25, 0.3) is 5.69 Å². The van der Waals surface area contributed by atoms with Crippen LogP contribution in [-0.4, -0.2) is 18.3 Å². The van der Waals surface area contributed by atoms with Gasteiger partial charge in [-0.2, -0.15) is 0 Å². The number of piperidine rings is 1. The van der Waals surface area contributed by atoms with Crippen molar-refractivity contribution in [3.63, 3.8) is 0 Å². The monoisotopic (exact) mass is 250 g/mol. The summed E-state index contributed by atoms with van der Waals surface area (Å²) in [5.41, 5.74) is 0.808. The van der Waals surface area contributed by atoms with Gasteiger partial charge in [-0.15, -0.1) is 0 Å². The fourth-order valence-electron chi connectivity index (χ4n) is 2.50. The molecule has 0 amide bonds. The van der Waals surface area contributed by atoms with Crippen LogP contribution in [0.5, 0.6) is 11.5 Å². The Labute approximate surface area is 104 Å². The average Bonchev–Trinajstić information content (AvgIpc) is 2.85. The third-order valence-electron chi connectivity index (χ3n) is 3.40. The summed E-state index contributed by atoms with van der Waals surface area (Å²) in [5, 5.41) is 14.5. The fraction of sp³-hybridized carbons (Fsp3) is 0.500. The first-order valence-corrected chi connectivity index (χ1v) is 6.07. The SMILES string of the molecule is O=[N+]([O-])c1cc2c(cc1[C@@H]1CCCCN1)OCO2. The lowest BCUT2D eigenvalue weighted by atomic mass is 9.96. The maximum Gasteiger partial charge on any atom is 0.278 e. The van der Waals surface area contributed by atoms with Crippen LogP contribution in [0.4, 0.5) is 5.69 Å². The minimum absolute atomic E-state index is 0.0358. The molecule has 2 aliphatic heterocycles. The number of nitrogens with zero attached hydrogens (tertiary/aromatic N) is 1. The first-order chi connectivity index (χ1) is 8.75. The van der Waals surface area contributed by atoms with Gasteiger partial charge >= 0.3 is 0 Å². The van der Waals surface area contributed by atoms with E-state index in [-0.39, 0.29) is 23.4 Å². The van der Waals surface area contributed by atoms with Crippen LogP contribution in [0, 0.1) is 10.1 Å². The molecular weight excluding hydrogens is 236 g/mol. The molecule has 1 aromatic carbocycles. The molecule has 6 heteroatoms. The van der Waals surface area contributed by atoms with E-state index in [2.05, 4.69) is 5.32 Å². The minimum atomic E-state index is -0.354. The summed E-state index contributed by atoms with van der Waals surface area (Å²) in [6, 6.07) is 3.24. The first kappa shape index (κ1) is 11.3. The van der Waals surface area contributed by atoms with E-state index in [0.717, 1.165) is 25.8 Å². The number of hydrogen-bond acceptors (Lipinski definition) is 5. The molecule has 1 N–H and O–H groups in total. The predicted molar refractivity (Wildman–Crippen MR) is 63.8 cm³/mol. The third kappa shape index (κ3) is 1.88. The van der Waals surface area contributed by atoms with Gasteiger partial charge in [0.05, 0.1) is 16.6 Å². The number of nitrogens with one attached hydrogen (secondary N) is 1. The molecule has 0 unspecified atom stereocenters. The summed E-state index contributed by atoms with van der Waals surface area (Å²) in [6.07, 6.45) is 3.12. The molecule has 0 bridgehead atoms. The number of benzene rings is 1. The Bertz CT molecular complexity index is 483. The van der Waals surface area contributed by atoms with E-state index in [1.807, 2.05) is 0 Å². The second-order valence-corrected chi connectivity index (χ2v) is 4.52. The summed E-state index contributed by atoms with van der Waals surface area (Å²) < 4.78 is 10.5. The molecule has 1 saturated heterocycles. The lowest BCUT2D eigenvalue weighted by Gasteiger charge is -2.23. The van der Waals surface area contributed by atoms with Crippen LogP contribution in [0.1, 0.15) is 30.9 Å². The molecule has 2 heterocycles. The Kier molecular flexibility index (Phi) is 2.79. The zero-order chi connectivity index (χ0) is 12.5. The molecule has 1 atom stereocenters. The second-order valence-electron chi connectivity index (χ2n) is 4.52. The summed E-state index contributed by atoms with van der Waals surface area (Å²) in [6.45, 7) is 1.03. The standard InChI is InChI=1S/C12H14N2O4/c15-14(16)10-6-12-11(17-7-18-12)5-8(10)9-3-1-2-4-13-9/h5-6,9,13H,1-4,7H2/t9-/m0/s1. The predicted octanol–water partition coefficient (Wildman–Crippen LogP) is 2.14. The molecule has 18 heavy (non-hydrogen) atoms. The highest BCUT2D eigenvalue weighted by molar-refractivity contribution is 5.56. The zero-order valence-electron chi connectivity index (χ0n) is 9.85. The van der Waals surface area contributed by atoms with Gasteiger partial charge in [0.1, 0.15) is 0 Å². The van der Waals surface area contributed by atoms with Crippen LogP contribution in [0.2, 0.25) is 0 Å². The Hall–Kier alpha value is -1.82. The van der Waals surface area contributed by atoms with Crippen LogP contribution in [0.3, 0.4) is 0 Å². The maximum atomic E-state index is 11.1. The third-order valence-corrected chi connectivity index (χ3v) is 3.40. The lowest BCUT2D eigenvalue weighted by molar-refractivity contribution is -0.385. The largest absolute Gasteiger partial charge is 0.454 e. The molecule has 0 aliphatic carbocycles. The Morgan fingerprint density at radius 1 is 1.28 bits per heavy atom. The number of ether oxygens (including phenoxy) is 2. The first-order valence-electron chi connectivity index (χ1n) is 6.07. The van der Waals surface area contributed by atoms with E-state index in [1.165, 1.54) is 6.07 Å². The minimum Gasteiger partial charge on any atom is -0.454 e. The smallest absolute Gasteiger partial charge is 0.278 e. The van der Waals surface area contributed by atoms with E-state index in [9.17, 15) is 10.1 Å². The van der Waals surface area contributed by atoms with Gasteiger partial charge in [0.2, 0.25) is 6.79 Å². The van der Waals surface area contributed by atoms with Crippen LogP contribution in [0.15, 0.2) is 12.1 Å². The molecule has 96 valence electrons. The molecule has 0 spiro atoms. The van der Waals surface area contributed by atoms with E-state index in [0.29, 0.717) is 17.1 Å². The van der Waals surface area contributed by atoms with Crippen molar-refractivity contribution in [2.24, 2.45) is 0 Å². The maximum absolute atomic E-state index is 11.1. The van der Waals surface area contributed by atoms with Gasteiger partial charge < -0.3 is 14.8 Å². The van der Waals surface area contributed by atoms with Gasteiger partial charge in [0.15, 0.2) is 11.5 Å². The van der Waals surface area contributed by atoms with Crippen LogP contribution >= 0.6 is 0 Å². The topological polar surface area (TPSA) is 73.6 Å². The normalized spacial score (nSPS) is 21.9. The highest BCUT2D eigenvalue weighted by Crippen LogP contribution is 2.41. The highest BCUT2D eigenvalue weighted by atomic mass is 16.7. The van der Waals surface area contributed by atoms with Gasteiger partial charge in [0, 0.05) is 6.04 Å². The molecular formula is C12H14N2O4. The van der Waals surface area contributed by atoms with Gasteiger partial charge in [-0.3, -0.25) is 10.1 Å². The van der Waals surface area contributed by atoms with Crippen molar-refractivity contribution >= 4 is 5.69 Å². The van der Waals surface area contributed by atoms with Gasteiger partial charge in [-0.25, -0.2) is 0 Å². The highest BCUT2D eigenvalue weighted by Gasteiger charge is 2.28. The summed E-state index contributed by atoms with van der Waals surface area (Å²) in [5.74, 6) is 1.06. The fourth-order valence-corrected chi connectivity index (χ4v) is 2.50. The van der Waals surface area contributed by atoms with Crippen molar-refractivity contribution in [1.82, 2.24) is 5.32 Å². The molecule has 1 aromatic rings. The summed E-state index contributed by atoms with van der Waals surface area (Å²) in [7, 11) is 0. The number of hydrogen-bond donors (Lipinski definition) is 1. The average molecular weight is 250 g/mol. The summed E-state index contributed by atoms with van der Waals surface area (Å²) in [4.78, 5) is 10.8. The Morgan fingerprint density at radius 3 is 2.72 bits per heavy atom. The van der Waals surface area contributed by atoms with Crippen LogP contribution in [0.25, 0.3) is 0 Å². The van der Waals surface area contributed by atoms with E-state index >= 15 is 0 Å². The van der Waals surface area contributed by atoms with Crippen molar-refractivity contribution in [3.8, 4) is 11.5 Å². The summed E-state index contributed by atoms with van der Waals surface area (Å²) >= 11 is 0. The van der Waals surface area contributed by atoms with Gasteiger partial charge in [-0.05, 0) is 25.5 Å². The van der Waals surface area contributed by atoms with Crippen molar-refractivity contribution < 1.29 is 14.4 Å². The Balaban J connectivity index is 2.02. The lowest BCUT2D eigenvalue weighted by Crippen LogP contribution is -2.27.